The van der Waals surface area contributed by atoms with Gasteiger partial charge in [-0.3, -0.25) is 4.79 Å². The maximum atomic E-state index is 12.7. The molecular weight excluding hydrogens is 350 g/mol. The smallest absolute Gasteiger partial charge is 0.236 e. The Morgan fingerprint density at radius 3 is 2.15 bits per heavy atom. The van der Waals surface area contributed by atoms with E-state index in [1.807, 2.05) is 54.3 Å². The van der Waals surface area contributed by atoms with Crippen molar-refractivity contribution >= 4 is 17.7 Å². The lowest BCUT2D eigenvalue weighted by Gasteiger charge is -2.25. The van der Waals surface area contributed by atoms with Crippen molar-refractivity contribution in [1.82, 2.24) is 4.90 Å². The van der Waals surface area contributed by atoms with Crippen molar-refractivity contribution in [2.75, 3.05) is 21.3 Å². The molecule has 26 heavy (non-hydrogen) atoms. The molecule has 1 aliphatic rings. The molecule has 1 amide bonds. The lowest BCUT2D eigenvalue weighted by Crippen LogP contribution is -2.29. The molecular formula is C20H23NO4S. The summed E-state index contributed by atoms with van der Waals surface area (Å²) in [6.45, 7) is 2.52. The van der Waals surface area contributed by atoms with Crippen molar-refractivity contribution in [2.45, 2.75) is 24.1 Å². The predicted molar refractivity (Wildman–Crippen MR) is 103 cm³/mol. The topological polar surface area (TPSA) is 48.0 Å². The zero-order chi connectivity index (χ0) is 18.7. The van der Waals surface area contributed by atoms with Crippen LogP contribution in [0.2, 0.25) is 0 Å². The quantitative estimate of drug-likeness (QED) is 0.769. The summed E-state index contributed by atoms with van der Waals surface area (Å²) in [4.78, 5) is 14.7. The summed E-state index contributed by atoms with van der Waals surface area (Å²) >= 11 is 1.63. The fourth-order valence-corrected chi connectivity index (χ4v) is 4.37. The second-order valence-corrected chi connectivity index (χ2v) is 7.47. The lowest BCUT2D eigenvalue weighted by atomic mass is 10.1. The van der Waals surface area contributed by atoms with Crippen LogP contribution in [0, 0.1) is 0 Å². The SMILES string of the molecule is COc1cc([C@H]2S[C@@H](C)C(=O)N2Cc2ccccc2)cc(OC)c1OC. The van der Waals surface area contributed by atoms with Crippen LogP contribution in [0.1, 0.15) is 23.4 Å². The van der Waals surface area contributed by atoms with Gasteiger partial charge in [0.15, 0.2) is 11.5 Å². The minimum atomic E-state index is -0.105. The molecule has 0 unspecified atom stereocenters. The van der Waals surface area contributed by atoms with Crippen LogP contribution in [-0.2, 0) is 11.3 Å². The van der Waals surface area contributed by atoms with Gasteiger partial charge in [0.1, 0.15) is 5.37 Å². The number of hydrogen-bond acceptors (Lipinski definition) is 5. The minimum absolute atomic E-state index is 0.0946. The molecule has 0 saturated carbocycles. The minimum Gasteiger partial charge on any atom is -0.493 e. The molecule has 5 nitrogen and oxygen atoms in total. The Hall–Kier alpha value is -2.34. The molecule has 2 aromatic carbocycles. The van der Waals surface area contributed by atoms with Gasteiger partial charge in [0.25, 0.3) is 0 Å². The molecule has 0 radical (unpaired) electrons. The largest absolute Gasteiger partial charge is 0.493 e. The van der Waals surface area contributed by atoms with Crippen LogP contribution in [0.3, 0.4) is 0 Å². The van der Waals surface area contributed by atoms with E-state index in [1.165, 1.54) is 0 Å². The Kier molecular flexibility index (Phi) is 5.61. The highest BCUT2D eigenvalue weighted by Crippen LogP contribution is 2.48. The van der Waals surface area contributed by atoms with Gasteiger partial charge in [-0.05, 0) is 30.2 Å². The summed E-state index contributed by atoms with van der Waals surface area (Å²) in [5.74, 6) is 1.87. The average molecular weight is 373 g/mol. The first-order chi connectivity index (χ1) is 12.6. The first-order valence-electron chi connectivity index (χ1n) is 8.38. The maximum absolute atomic E-state index is 12.7. The standard InChI is InChI=1S/C20H23NO4S/c1-13-19(22)21(12-14-8-6-5-7-9-14)20(26-13)15-10-16(23-2)18(25-4)17(11-15)24-3/h5-11,13,20H,12H2,1-4H3/t13-,20+/m0/s1. The van der Waals surface area contributed by atoms with Gasteiger partial charge in [-0.1, -0.05) is 30.3 Å². The highest BCUT2D eigenvalue weighted by Gasteiger charge is 2.39. The van der Waals surface area contributed by atoms with Crippen LogP contribution in [-0.4, -0.2) is 37.4 Å². The molecule has 0 aliphatic carbocycles. The highest BCUT2D eigenvalue weighted by molar-refractivity contribution is 8.01. The number of methoxy groups -OCH3 is 3. The van der Waals surface area contributed by atoms with Crippen molar-refractivity contribution in [3.8, 4) is 17.2 Å². The van der Waals surface area contributed by atoms with Crippen molar-refractivity contribution < 1.29 is 19.0 Å². The molecule has 2 aromatic rings. The second-order valence-electron chi connectivity index (χ2n) is 6.04. The van der Waals surface area contributed by atoms with Gasteiger partial charge in [0.05, 0.1) is 26.6 Å². The molecule has 6 heteroatoms. The van der Waals surface area contributed by atoms with E-state index in [4.69, 9.17) is 14.2 Å². The van der Waals surface area contributed by atoms with E-state index < -0.39 is 0 Å². The van der Waals surface area contributed by atoms with Crippen LogP contribution in [0.15, 0.2) is 42.5 Å². The van der Waals surface area contributed by atoms with Crippen molar-refractivity contribution in [1.29, 1.82) is 0 Å². The van der Waals surface area contributed by atoms with Crippen molar-refractivity contribution in [2.24, 2.45) is 0 Å². The summed E-state index contributed by atoms with van der Waals surface area (Å²) in [5, 5.41) is -0.200. The number of amides is 1. The molecule has 1 fully saturated rings. The fourth-order valence-electron chi connectivity index (χ4n) is 3.12. The van der Waals surface area contributed by atoms with Crippen LogP contribution >= 0.6 is 11.8 Å². The maximum Gasteiger partial charge on any atom is 0.236 e. The van der Waals surface area contributed by atoms with E-state index in [-0.39, 0.29) is 16.5 Å². The Morgan fingerprint density at radius 2 is 1.62 bits per heavy atom. The Morgan fingerprint density at radius 1 is 1.00 bits per heavy atom. The zero-order valence-corrected chi connectivity index (χ0v) is 16.2. The van der Waals surface area contributed by atoms with Crippen LogP contribution < -0.4 is 14.2 Å². The van der Waals surface area contributed by atoms with Gasteiger partial charge in [0.2, 0.25) is 11.7 Å². The third-order valence-corrected chi connectivity index (χ3v) is 5.81. The number of hydrogen-bond donors (Lipinski definition) is 0. The molecule has 1 aliphatic heterocycles. The summed E-state index contributed by atoms with van der Waals surface area (Å²) in [6, 6.07) is 13.9. The first kappa shape index (κ1) is 18.5. The van der Waals surface area contributed by atoms with Crippen LogP contribution in [0.5, 0.6) is 17.2 Å². The van der Waals surface area contributed by atoms with E-state index in [9.17, 15) is 4.79 Å². The number of carbonyl (C=O) groups is 1. The predicted octanol–water partition coefficient (Wildman–Crippen LogP) is 3.88. The summed E-state index contributed by atoms with van der Waals surface area (Å²) in [6.07, 6.45) is 0. The van der Waals surface area contributed by atoms with E-state index >= 15 is 0 Å². The normalized spacial score (nSPS) is 19.5. The third kappa shape index (κ3) is 3.46. The summed E-state index contributed by atoms with van der Waals surface area (Å²) in [5.41, 5.74) is 2.06. The molecule has 3 rings (SSSR count). The number of rotatable bonds is 6. The van der Waals surface area contributed by atoms with E-state index in [0.717, 1.165) is 11.1 Å². The second kappa shape index (κ2) is 7.91. The summed E-state index contributed by atoms with van der Waals surface area (Å²) in [7, 11) is 4.77. The first-order valence-corrected chi connectivity index (χ1v) is 9.33. The van der Waals surface area contributed by atoms with E-state index in [0.29, 0.717) is 23.8 Å². The van der Waals surface area contributed by atoms with Gasteiger partial charge >= 0.3 is 0 Å². The molecule has 0 bridgehead atoms. The number of benzene rings is 2. The van der Waals surface area contributed by atoms with Crippen LogP contribution in [0.25, 0.3) is 0 Å². The zero-order valence-electron chi connectivity index (χ0n) is 15.4. The van der Waals surface area contributed by atoms with Crippen LogP contribution in [0.4, 0.5) is 0 Å². The molecule has 0 N–H and O–H groups in total. The van der Waals surface area contributed by atoms with Crippen molar-refractivity contribution in [3.05, 3.63) is 53.6 Å². The van der Waals surface area contributed by atoms with Gasteiger partial charge < -0.3 is 19.1 Å². The molecule has 1 heterocycles. The Balaban J connectivity index is 1.99. The molecule has 2 atom stereocenters. The monoisotopic (exact) mass is 373 g/mol. The van der Waals surface area contributed by atoms with E-state index in [2.05, 4.69) is 0 Å². The molecule has 138 valence electrons. The highest BCUT2D eigenvalue weighted by atomic mass is 32.2. The van der Waals surface area contributed by atoms with Crippen molar-refractivity contribution in [3.63, 3.8) is 0 Å². The molecule has 1 saturated heterocycles. The third-order valence-electron chi connectivity index (χ3n) is 4.41. The summed E-state index contributed by atoms with van der Waals surface area (Å²) < 4.78 is 16.3. The van der Waals surface area contributed by atoms with Gasteiger partial charge in [-0.15, -0.1) is 11.8 Å². The number of nitrogens with zero attached hydrogens (tertiary/aromatic N) is 1. The Labute approximate surface area is 158 Å². The van der Waals surface area contributed by atoms with Gasteiger partial charge in [-0.25, -0.2) is 0 Å². The molecule has 0 spiro atoms. The number of ether oxygens (including phenoxy) is 3. The average Bonchev–Trinajstić information content (AvgIpc) is 2.96. The number of thioether (sulfide) groups is 1. The fraction of sp³-hybridized carbons (Fsp3) is 0.350. The lowest BCUT2D eigenvalue weighted by molar-refractivity contribution is -0.130. The van der Waals surface area contributed by atoms with Gasteiger partial charge in [0, 0.05) is 6.54 Å². The Bertz CT molecular complexity index is 756. The van der Waals surface area contributed by atoms with E-state index in [1.54, 1.807) is 33.1 Å². The number of carbonyl (C=O) groups excluding carboxylic acids is 1. The van der Waals surface area contributed by atoms with Gasteiger partial charge in [-0.2, -0.15) is 0 Å². The molecule has 0 aromatic heterocycles.